The minimum atomic E-state index is -0.847. The van der Waals surface area contributed by atoms with Crippen molar-refractivity contribution in [3.05, 3.63) is 57.7 Å². The standard InChI is InChI=1S/C22H25Cl2NO4/c1-7-11-28-20(26)16-12(2)25-13(3)17(21(27)29-22(4,5)6)18(16)14-9-8-10-15(23)19(14)24/h7-10,17-18H,1,11H2,2-6H3. The highest BCUT2D eigenvalue weighted by atomic mass is 35.5. The minimum absolute atomic E-state index is 0.0331. The molecule has 1 aromatic rings. The molecule has 7 heteroatoms. The molecule has 1 aliphatic rings. The lowest BCUT2D eigenvalue weighted by molar-refractivity contribution is -0.158. The highest BCUT2D eigenvalue weighted by Crippen LogP contribution is 2.44. The lowest BCUT2D eigenvalue weighted by atomic mass is 9.75. The van der Waals surface area contributed by atoms with Gasteiger partial charge in [0, 0.05) is 17.3 Å². The maximum absolute atomic E-state index is 13.1. The zero-order chi connectivity index (χ0) is 21.9. The number of allylic oxidation sites excluding steroid dienone is 1. The molecular weight excluding hydrogens is 413 g/mol. The number of benzene rings is 1. The molecule has 2 atom stereocenters. The SMILES string of the molecule is C=CCOC(=O)C1=C(C)N=C(C)C(C(=O)OC(C)(C)C)C1c1cccc(Cl)c1Cl. The molecule has 0 spiro atoms. The van der Waals surface area contributed by atoms with E-state index in [-0.39, 0.29) is 17.2 Å². The van der Waals surface area contributed by atoms with Gasteiger partial charge in [0.1, 0.15) is 18.1 Å². The summed E-state index contributed by atoms with van der Waals surface area (Å²) in [4.78, 5) is 30.5. The molecule has 29 heavy (non-hydrogen) atoms. The van der Waals surface area contributed by atoms with Crippen LogP contribution in [-0.4, -0.2) is 29.9 Å². The van der Waals surface area contributed by atoms with E-state index in [1.54, 1.807) is 52.8 Å². The molecule has 0 saturated carbocycles. The van der Waals surface area contributed by atoms with Gasteiger partial charge in [-0.25, -0.2) is 4.79 Å². The van der Waals surface area contributed by atoms with Gasteiger partial charge in [-0.3, -0.25) is 9.79 Å². The Hall–Kier alpha value is -2.11. The van der Waals surface area contributed by atoms with Crippen molar-refractivity contribution in [1.29, 1.82) is 0 Å². The number of carbonyl (C=O) groups excluding carboxylic acids is 2. The van der Waals surface area contributed by atoms with E-state index in [9.17, 15) is 9.59 Å². The highest BCUT2D eigenvalue weighted by molar-refractivity contribution is 6.42. The Morgan fingerprint density at radius 2 is 1.90 bits per heavy atom. The first-order valence-electron chi connectivity index (χ1n) is 9.18. The number of hydrogen-bond acceptors (Lipinski definition) is 5. The van der Waals surface area contributed by atoms with Gasteiger partial charge < -0.3 is 9.47 Å². The highest BCUT2D eigenvalue weighted by Gasteiger charge is 2.44. The van der Waals surface area contributed by atoms with Gasteiger partial charge in [0.05, 0.1) is 15.6 Å². The first kappa shape index (κ1) is 23.2. The quantitative estimate of drug-likeness (QED) is 0.449. The summed E-state index contributed by atoms with van der Waals surface area (Å²) in [6.45, 7) is 12.4. The molecule has 0 bridgehead atoms. The van der Waals surface area contributed by atoms with Crippen molar-refractivity contribution >= 4 is 40.9 Å². The van der Waals surface area contributed by atoms with E-state index in [1.807, 2.05) is 0 Å². The third kappa shape index (κ3) is 5.28. The number of rotatable bonds is 5. The summed E-state index contributed by atoms with van der Waals surface area (Å²) in [5.74, 6) is -2.68. The fourth-order valence-electron chi connectivity index (χ4n) is 3.28. The van der Waals surface area contributed by atoms with E-state index in [4.69, 9.17) is 32.7 Å². The number of aliphatic imine (C=N–C) groups is 1. The van der Waals surface area contributed by atoms with Gasteiger partial charge in [-0.2, -0.15) is 0 Å². The second-order valence-corrected chi connectivity index (χ2v) is 8.56. The third-order valence-corrected chi connectivity index (χ3v) is 5.19. The lowest BCUT2D eigenvalue weighted by Crippen LogP contribution is -2.39. The van der Waals surface area contributed by atoms with Crippen molar-refractivity contribution in [1.82, 2.24) is 0 Å². The molecule has 0 aliphatic carbocycles. The number of halogens is 2. The Morgan fingerprint density at radius 1 is 1.24 bits per heavy atom. The monoisotopic (exact) mass is 437 g/mol. The van der Waals surface area contributed by atoms with Crippen LogP contribution in [0.15, 0.2) is 47.1 Å². The molecule has 5 nitrogen and oxygen atoms in total. The molecular formula is C22H25Cl2NO4. The molecule has 1 aromatic carbocycles. The van der Waals surface area contributed by atoms with E-state index >= 15 is 0 Å². The van der Waals surface area contributed by atoms with Crippen LogP contribution >= 0.6 is 23.2 Å². The van der Waals surface area contributed by atoms with Crippen LogP contribution < -0.4 is 0 Å². The van der Waals surface area contributed by atoms with E-state index in [1.165, 1.54) is 6.08 Å². The molecule has 2 unspecified atom stereocenters. The molecule has 1 aliphatic heterocycles. The van der Waals surface area contributed by atoms with E-state index in [0.29, 0.717) is 22.0 Å². The zero-order valence-corrected chi connectivity index (χ0v) is 18.7. The van der Waals surface area contributed by atoms with Crippen molar-refractivity contribution in [3.63, 3.8) is 0 Å². The van der Waals surface area contributed by atoms with Gasteiger partial charge >= 0.3 is 11.9 Å². The van der Waals surface area contributed by atoms with Crippen LogP contribution in [0.2, 0.25) is 10.0 Å². The van der Waals surface area contributed by atoms with Gasteiger partial charge in [0.25, 0.3) is 0 Å². The Morgan fingerprint density at radius 3 is 2.48 bits per heavy atom. The van der Waals surface area contributed by atoms with Crippen LogP contribution in [0.3, 0.4) is 0 Å². The van der Waals surface area contributed by atoms with Crippen LogP contribution in [0.1, 0.15) is 46.1 Å². The third-order valence-electron chi connectivity index (χ3n) is 4.36. The average molecular weight is 438 g/mol. The second-order valence-electron chi connectivity index (χ2n) is 7.77. The van der Waals surface area contributed by atoms with Crippen LogP contribution in [0, 0.1) is 5.92 Å². The maximum atomic E-state index is 13.1. The Bertz CT molecular complexity index is 897. The predicted octanol–water partition coefficient (Wildman–Crippen LogP) is 5.51. The molecule has 156 valence electrons. The summed E-state index contributed by atoms with van der Waals surface area (Å²) in [5.41, 5.74) is 1.06. The largest absolute Gasteiger partial charge is 0.459 e. The lowest BCUT2D eigenvalue weighted by Gasteiger charge is -2.34. The first-order valence-corrected chi connectivity index (χ1v) is 9.94. The summed E-state index contributed by atoms with van der Waals surface area (Å²) in [7, 11) is 0. The van der Waals surface area contributed by atoms with Crippen molar-refractivity contribution in [3.8, 4) is 0 Å². The topological polar surface area (TPSA) is 65.0 Å². The fourth-order valence-corrected chi connectivity index (χ4v) is 3.71. The number of ether oxygens (including phenoxy) is 2. The van der Waals surface area contributed by atoms with Crippen molar-refractivity contribution < 1.29 is 19.1 Å². The average Bonchev–Trinajstić information content (AvgIpc) is 2.59. The van der Waals surface area contributed by atoms with Crippen LogP contribution in [-0.2, 0) is 19.1 Å². The fraction of sp³-hybridized carbons (Fsp3) is 0.409. The molecule has 0 amide bonds. The van der Waals surface area contributed by atoms with Gasteiger partial charge in [0.2, 0.25) is 0 Å². The van der Waals surface area contributed by atoms with E-state index in [0.717, 1.165) is 0 Å². The summed E-state index contributed by atoms with van der Waals surface area (Å²) in [6.07, 6.45) is 1.47. The number of hydrogen-bond donors (Lipinski definition) is 0. The van der Waals surface area contributed by atoms with E-state index < -0.39 is 29.4 Å². The molecule has 1 heterocycles. The molecule has 0 aromatic heterocycles. The molecule has 0 fully saturated rings. The smallest absolute Gasteiger partial charge is 0.336 e. The maximum Gasteiger partial charge on any atom is 0.336 e. The molecule has 2 rings (SSSR count). The van der Waals surface area contributed by atoms with Gasteiger partial charge in [-0.1, -0.05) is 48.0 Å². The molecule has 0 N–H and O–H groups in total. The second kappa shape index (κ2) is 9.14. The Kier molecular flexibility index (Phi) is 7.30. The molecule has 0 radical (unpaired) electrons. The van der Waals surface area contributed by atoms with Crippen molar-refractivity contribution in [2.75, 3.05) is 6.61 Å². The number of carbonyl (C=O) groups is 2. The molecule has 0 saturated heterocycles. The Labute approximate surface area is 181 Å². The summed E-state index contributed by atoms with van der Waals surface area (Å²) < 4.78 is 10.9. The van der Waals surface area contributed by atoms with Gasteiger partial charge in [-0.05, 0) is 46.2 Å². The number of nitrogens with zero attached hydrogens (tertiary/aromatic N) is 1. The predicted molar refractivity (Wildman–Crippen MR) is 116 cm³/mol. The van der Waals surface area contributed by atoms with E-state index in [2.05, 4.69) is 11.6 Å². The van der Waals surface area contributed by atoms with Gasteiger partial charge in [-0.15, -0.1) is 0 Å². The summed E-state index contributed by atoms with van der Waals surface area (Å²) in [5, 5.41) is 0.591. The Balaban J connectivity index is 2.68. The van der Waals surface area contributed by atoms with Crippen molar-refractivity contribution in [2.45, 2.75) is 46.1 Å². The number of esters is 2. The van der Waals surface area contributed by atoms with Gasteiger partial charge in [0.15, 0.2) is 0 Å². The summed E-state index contributed by atoms with van der Waals surface area (Å²) in [6, 6.07) is 5.10. The zero-order valence-electron chi connectivity index (χ0n) is 17.2. The normalized spacial score (nSPS) is 19.5. The minimum Gasteiger partial charge on any atom is -0.459 e. The summed E-state index contributed by atoms with van der Waals surface area (Å²) >= 11 is 12.7. The van der Waals surface area contributed by atoms with Crippen LogP contribution in [0.25, 0.3) is 0 Å². The first-order chi connectivity index (χ1) is 13.5. The van der Waals surface area contributed by atoms with Crippen molar-refractivity contribution in [2.24, 2.45) is 10.9 Å². The van der Waals surface area contributed by atoms with Crippen LogP contribution in [0.5, 0.6) is 0 Å². The van der Waals surface area contributed by atoms with Crippen LogP contribution in [0.4, 0.5) is 0 Å².